The molecule has 1 unspecified atom stereocenters. The summed E-state index contributed by atoms with van der Waals surface area (Å²) in [6, 6.07) is 0. The average Bonchev–Trinajstić information content (AvgIpc) is 2.57. The lowest BCUT2D eigenvalue weighted by Gasteiger charge is -2.16. The largest absolute Gasteiger partial charge is 0.391 e. The van der Waals surface area contributed by atoms with Crippen molar-refractivity contribution in [2.45, 2.75) is 26.4 Å². The molecule has 14 heavy (non-hydrogen) atoms. The molecule has 2 rings (SSSR count). The second kappa shape index (κ2) is 3.53. The smallest absolute Gasteiger partial charge is 0.147 e. The number of hydrogen-bond acceptors (Lipinski definition) is 4. The fourth-order valence-electron chi connectivity index (χ4n) is 1.63. The Hall–Kier alpha value is -1.16. The van der Waals surface area contributed by atoms with Gasteiger partial charge in [0.1, 0.15) is 5.82 Å². The number of aliphatic hydroxyl groups excluding tert-OH is 1. The van der Waals surface area contributed by atoms with Gasteiger partial charge in [0.25, 0.3) is 0 Å². The first-order chi connectivity index (χ1) is 6.66. The zero-order valence-corrected chi connectivity index (χ0v) is 8.56. The summed E-state index contributed by atoms with van der Waals surface area (Å²) in [4.78, 5) is 10.8. The SMILES string of the molecule is Cc1ncc(N2CCC(O)C2)nc1C. The van der Waals surface area contributed by atoms with Crippen molar-refractivity contribution in [1.82, 2.24) is 9.97 Å². The van der Waals surface area contributed by atoms with Crippen molar-refractivity contribution in [2.24, 2.45) is 0 Å². The van der Waals surface area contributed by atoms with Gasteiger partial charge in [0.2, 0.25) is 0 Å². The predicted molar refractivity (Wildman–Crippen MR) is 54.3 cm³/mol. The highest BCUT2D eigenvalue weighted by Crippen LogP contribution is 2.17. The van der Waals surface area contributed by atoms with Gasteiger partial charge in [0.15, 0.2) is 0 Å². The zero-order valence-electron chi connectivity index (χ0n) is 8.56. The van der Waals surface area contributed by atoms with Crippen LogP contribution < -0.4 is 4.90 Å². The van der Waals surface area contributed by atoms with Crippen molar-refractivity contribution in [1.29, 1.82) is 0 Å². The van der Waals surface area contributed by atoms with Gasteiger partial charge in [0.05, 0.1) is 23.7 Å². The van der Waals surface area contributed by atoms with Gasteiger partial charge >= 0.3 is 0 Å². The lowest BCUT2D eigenvalue weighted by Crippen LogP contribution is -2.22. The van der Waals surface area contributed by atoms with Crippen LogP contribution in [0.25, 0.3) is 0 Å². The monoisotopic (exact) mass is 193 g/mol. The predicted octanol–water partition coefficient (Wildman–Crippen LogP) is 0.664. The van der Waals surface area contributed by atoms with Crippen molar-refractivity contribution in [3.05, 3.63) is 17.6 Å². The maximum atomic E-state index is 9.39. The Morgan fingerprint density at radius 1 is 1.43 bits per heavy atom. The Morgan fingerprint density at radius 2 is 2.21 bits per heavy atom. The molecule has 2 heterocycles. The van der Waals surface area contributed by atoms with E-state index in [1.165, 1.54) is 0 Å². The normalized spacial score (nSPS) is 21.6. The fraction of sp³-hybridized carbons (Fsp3) is 0.600. The molecule has 4 nitrogen and oxygen atoms in total. The molecule has 0 amide bonds. The Morgan fingerprint density at radius 3 is 2.79 bits per heavy atom. The van der Waals surface area contributed by atoms with Crippen molar-refractivity contribution in [3.63, 3.8) is 0 Å². The molecule has 1 aliphatic rings. The van der Waals surface area contributed by atoms with E-state index in [1.54, 1.807) is 6.20 Å². The first-order valence-corrected chi connectivity index (χ1v) is 4.90. The van der Waals surface area contributed by atoms with E-state index in [1.807, 2.05) is 13.8 Å². The lowest BCUT2D eigenvalue weighted by atomic mass is 10.3. The van der Waals surface area contributed by atoms with Gasteiger partial charge in [-0.15, -0.1) is 0 Å². The van der Waals surface area contributed by atoms with Crippen LogP contribution in [0, 0.1) is 13.8 Å². The molecule has 0 spiro atoms. The molecule has 0 aliphatic carbocycles. The second-order valence-electron chi connectivity index (χ2n) is 3.79. The number of β-amino-alcohol motifs (C(OH)–C–C–N with tert-alkyl or cyclic N) is 1. The van der Waals surface area contributed by atoms with Crippen LogP contribution in [0.5, 0.6) is 0 Å². The van der Waals surface area contributed by atoms with E-state index in [0.717, 1.165) is 30.2 Å². The molecule has 1 aliphatic heterocycles. The van der Waals surface area contributed by atoms with Crippen LogP contribution in [0.4, 0.5) is 5.82 Å². The molecular formula is C10H15N3O. The molecule has 1 saturated heterocycles. The molecule has 1 N–H and O–H groups in total. The van der Waals surface area contributed by atoms with E-state index in [0.29, 0.717) is 6.54 Å². The van der Waals surface area contributed by atoms with E-state index < -0.39 is 0 Å². The molecule has 0 radical (unpaired) electrons. The molecule has 0 saturated carbocycles. The summed E-state index contributed by atoms with van der Waals surface area (Å²) in [5, 5.41) is 9.39. The Balaban J connectivity index is 2.20. The minimum Gasteiger partial charge on any atom is -0.391 e. The first kappa shape index (κ1) is 9.40. The number of nitrogens with zero attached hydrogens (tertiary/aromatic N) is 3. The lowest BCUT2D eigenvalue weighted by molar-refractivity contribution is 0.198. The zero-order chi connectivity index (χ0) is 10.1. The number of aliphatic hydroxyl groups is 1. The van der Waals surface area contributed by atoms with Crippen molar-refractivity contribution in [2.75, 3.05) is 18.0 Å². The molecule has 0 bridgehead atoms. The molecule has 1 atom stereocenters. The minimum atomic E-state index is -0.210. The summed E-state index contributed by atoms with van der Waals surface area (Å²) >= 11 is 0. The Kier molecular flexibility index (Phi) is 2.37. The number of hydrogen-bond donors (Lipinski definition) is 1. The number of aromatic nitrogens is 2. The first-order valence-electron chi connectivity index (χ1n) is 4.90. The summed E-state index contributed by atoms with van der Waals surface area (Å²) in [5.74, 6) is 0.879. The summed E-state index contributed by atoms with van der Waals surface area (Å²) < 4.78 is 0. The van der Waals surface area contributed by atoms with Crippen molar-refractivity contribution >= 4 is 5.82 Å². The van der Waals surface area contributed by atoms with E-state index in [2.05, 4.69) is 14.9 Å². The van der Waals surface area contributed by atoms with Crippen LogP contribution in [0.3, 0.4) is 0 Å². The van der Waals surface area contributed by atoms with Crippen LogP contribution in [-0.4, -0.2) is 34.3 Å². The average molecular weight is 193 g/mol. The molecule has 4 heteroatoms. The maximum Gasteiger partial charge on any atom is 0.147 e. The van der Waals surface area contributed by atoms with Gasteiger partial charge < -0.3 is 10.0 Å². The van der Waals surface area contributed by atoms with Gasteiger partial charge in [-0.05, 0) is 20.3 Å². The number of rotatable bonds is 1. The third-order valence-corrected chi connectivity index (χ3v) is 2.67. The van der Waals surface area contributed by atoms with E-state index in [9.17, 15) is 5.11 Å². The quantitative estimate of drug-likeness (QED) is 0.712. The van der Waals surface area contributed by atoms with Crippen LogP contribution in [0.2, 0.25) is 0 Å². The van der Waals surface area contributed by atoms with Crippen LogP contribution in [0.1, 0.15) is 17.8 Å². The molecule has 76 valence electrons. The minimum absolute atomic E-state index is 0.210. The molecule has 0 aromatic carbocycles. The highest BCUT2D eigenvalue weighted by Gasteiger charge is 2.21. The third-order valence-electron chi connectivity index (χ3n) is 2.67. The van der Waals surface area contributed by atoms with Gasteiger partial charge in [0, 0.05) is 13.1 Å². The van der Waals surface area contributed by atoms with Crippen LogP contribution in [-0.2, 0) is 0 Å². The summed E-state index contributed by atoms with van der Waals surface area (Å²) in [5.41, 5.74) is 1.93. The fourth-order valence-corrected chi connectivity index (χ4v) is 1.63. The second-order valence-corrected chi connectivity index (χ2v) is 3.79. The summed E-state index contributed by atoms with van der Waals surface area (Å²) in [6.07, 6.45) is 2.40. The molecule has 1 fully saturated rings. The molecular weight excluding hydrogens is 178 g/mol. The Labute approximate surface area is 83.6 Å². The standard InChI is InChI=1S/C10H15N3O/c1-7-8(2)12-10(5-11-7)13-4-3-9(14)6-13/h5,9,14H,3-4,6H2,1-2H3. The highest BCUT2D eigenvalue weighted by atomic mass is 16.3. The Bertz CT molecular complexity index is 340. The molecule has 1 aromatic rings. The van der Waals surface area contributed by atoms with E-state index >= 15 is 0 Å². The van der Waals surface area contributed by atoms with Crippen molar-refractivity contribution in [3.8, 4) is 0 Å². The highest BCUT2D eigenvalue weighted by molar-refractivity contribution is 5.38. The van der Waals surface area contributed by atoms with Crippen LogP contribution in [0.15, 0.2) is 6.20 Å². The summed E-state index contributed by atoms with van der Waals surface area (Å²) in [7, 11) is 0. The van der Waals surface area contributed by atoms with Gasteiger partial charge in [-0.1, -0.05) is 0 Å². The van der Waals surface area contributed by atoms with E-state index in [-0.39, 0.29) is 6.10 Å². The molecule has 1 aromatic heterocycles. The van der Waals surface area contributed by atoms with Crippen LogP contribution >= 0.6 is 0 Å². The van der Waals surface area contributed by atoms with Gasteiger partial charge in [-0.3, -0.25) is 4.98 Å². The summed E-state index contributed by atoms with van der Waals surface area (Å²) in [6.45, 7) is 5.46. The van der Waals surface area contributed by atoms with Gasteiger partial charge in [-0.2, -0.15) is 0 Å². The number of anilines is 1. The number of aryl methyl sites for hydroxylation is 2. The van der Waals surface area contributed by atoms with E-state index in [4.69, 9.17) is 0 Å². The maximum absolute atomic E-state index is 9.39. The van der Waals surface area contributed by atoms with Crippen molar-refractivity contribution < 1.29 is 5.11 Å². The van der Waals surface area contributed by atoms with Gasteiger partial charge in [-0.25, -0.2) is 4.98 Å². The third kappa shape index (κ3) is 1.70. The topological polar surface area (TPSA) is 49.2 Å².